The van der Waals surface area contributed by atoms with Gasteiger partial charge in [0.2, 0.25) is 0 Å². The van der Waals surface area contributed by atoms with Crippen LogP contribution < -0.4 is 10.6 Å². The van der Waals surface area contributed by atoms with Gasteiger partial charge < -0.3 is 10.6 Å². The molecule has 0 aliphatic carbocycles. The summed E-state index contributed by atoms with van der Waals surface area (Å²) in [7, 11) is 0. The Morgan fingerprint density at radius 2 is 1.74 bits per heavy atom. The van der Waals surface area contributed by atoms with Crippen molar-refractivity contribution in [2.75, 3.05) is 6.54 Å². The molecule has 0 bridgehead atoms. The molecule has 3 nitrogen and oxygen atoms in total. The van der Waals surface area contributed by atoms with Gasteiger partial charge in [0.1, 0.15) is 0 Å². The van der Waals surface area contributed by atoms with Gasteiger partial charge in [-0.25, -0.2) is 4.79 Å². The summed E-state index contributed by atoms with van der Waals surface area (Å²) in [4.78, 5) is 12.0. The van der Waals surface area contributed by atoms with Crippen LogP contribution in [0.15, 0.2) is 30.3 Å². The third-order valence-corrected chi connectivity index (χ3v) is 2.95. The summed E-state index contributed by atoms with van der Waals surface area (Å²) < 4.78 is 0. The molecule has 0 aromatic heterocycles. The van der Waals surface area contributed by atoms with E-state index in [0.717, 1.165) is 5.56 Å². The van der Waals surface area contributed by atoms with Crippen LogP contribution in [0.5, 0.6) is 0 Å². The van der Waals surface area contributed by atoms with Crippen LogP contribution in [0.25, 0.3) is 0 Å². The zero-order chi connectivity index (χ0) is 14.5. The Bertz CT molecular complexity index is 393. The minimum absolute atomic E-state index is 0.000798. The summed E-state index contributed by atoms with van der Waals surface area (Å²) in [5.41, 5.74) is 1.10. The van der Waals surface area contributed by atoms with Crippen LogP contribution in [-0.2, 0) is 0 Å². The first kappa shape index (κ1) is 15.5. The number of benzene rings is 1. The molecule has 19 heavy (non-hydrogen) atoms. The second-order valence-corrected chi connectivity index (χ2v) is 6.46. The number of urea groups is 1. The van der Waals surface area contributed by atoms with Crippen molar-refractivity contribution in [1.82, 2.24) is 10.6 Å². The predicted molar refractivity (Wildman–Crippen MR) is 80.0 cm³/mol. The van der Waals surface area contributed by atoms with Crippen LogP contribution in [-0.4, -0.2) is 12.6 Å². The molecule has 0 aliphatic heterocycles. The topological polar surface area (TPSA) is 41.1 Å². The maximum absolute atomic E-state index is 12.0. The van der Waals surface area contributed by atoms with E-state index in [1.807, 2.05) is 18.2 Å². The first-order valence-electron chi connectivity index (χ1n) is 6.90. The van der Waals surface area contributed by atoms with E-state index in [4.69, 9.17) is 0 Å². The smallest absolute Gasteiger partial charge is 0.315 e. The van der Waals surface area contributed by atoms with Gasteiger partial charge in [-0.05, 0) is 16.9 Å². The van der Waals surface area contributed by atoms with E-state index in [1.165, 1.54) is 0 Å². The Hall–Kier alpha value is -1.51. The Morgan fingerprint density at radius 3 is 2.21 bits per heavy atom. The van der Waals surface area contributed by atoms with Gasteiger partial charge in [-0.3, -0.25) is 0 Å². The summed E-state index contributed by atoms with van der Waals surface area (Å²) in [6.07, 6.45) is 0. The van der Waals surface area contributed by atoms with Gasteiger partial charge in [0.05, 0.1) is 6.04 Å². The normalized spacial score (nSPS) is 13.2. The fourth-order valence-electron chi connectivity index (χ4n) is 1.92. The molecule has 0 radical (unpaired) electrons. The molecule has 0 saturated carbocycles. The molecular formula is C16H26N2O. The largest absolute Gasteiger partial charge is 0.338 e. The third kappa shape index (κ3) is 5.33. The molecule has 0 fully saturated rings. The van der Waals surface area contributed by atoms with Crippen LogP contribution in [0.1, 0.15) is 46.2 Å². The van der Waals surface area contributed by atoms with E-state index in [9.17, 15) is 4.79 Å². The van der Waals surface area contributed by atoms with Crippen molar-refractivity contribution in [1.29, 1.82) is 0 Å². The van der Waals surface area contributed by atoms with Crippen LogP contribution in [0.4, 0.5) is 4.79 Å². The van der Waals surface area contributed by atoms with Gasteiger partial charge in [0.15, 0.2) is 0 Å². The standard InChI is InChI=1S/C16H26N2O/c1-12(2)11-17-15(19)18-14(16(3,4)5)13-9-7-6-8-10-13/h6-10,12,14H,11H2,1-5H3,(H2,17,18,19)/t14-/m0/s1. The van der Waals surface area contributed by atoms with Gasteiger partial charge in [0.25, 0.3) is 0 Å². The van der Waals surface area contributed by atoms with Crippen molar-refractivity contribution < 1.29 is 4.79 Å². The van der Waals surface area contributed by atoms with E-state index < -0.39 is 0 Å². The van der Waals surface area contributed by atoms with Crippen molar-refractivity contribution in [3.05, 3.63) is 35.9 Å². The lowest BCUT2D eigenvalue weighted by Gasteiger charge is -2.32. The molecule has 0 unspecified atom stereocenters. The summed E-state index contributed by atoms with van der Waals surface area (Å²) in [5.74, 6) is 0.454. The lowest BCUT2D eigenvalue weighted by atomic mass is 9.82. The molecule has 0 aliphatic rings. The van der Waals surface area contributed by atoms with Gasteiger partial charge in [-0.2, -0.15) is 0 Å². The van der Waals surface area contributed by atoms with Gasteiger partial charge in [0, 0.05) is 6.54 Å². The average molecular weight is 262 g/mol. The highest BCUT2D eigenvalue weighted by atomic mass is 16.2. The molecule has 1 rings (SSSR count). The van der Waals surface area contributed by atoms with E-state index in [0.29, 0.717) is 12.5 Å². The molecule has 0 spiro atoms. The van der Waals surface area contributed by atoms with Gasteiger partial charge in [-0.1, -0.05) is 65.0 Å². The number of carbonyl (C=O) groups is 1. The average Bonchev–Trinajstić information content (AvgIpc) is 2.33. The Balaban J connectivity index is 2.75. The summed E-state index contributed by atoms with van der Waals surface area (Å²) in [6, 6.07) is 10.0. The SMILES string of the molecule is CC(C)CNC(=O)N[C@@H](c1ccccc1)C(C)(C)C. The fourth-order valence-corrected chi connectivity index (χ4v) is 1.92. The van der Waals surface area contributed by atoms with E-state index >= 15 is 0 Å². The van der Waals surface area contributed by atoms with E-state index in [1.54, 1.807) is 0 Å². The van der Waals surface area contributed by atoms with Crippen molar-refractivity contribution in [3.63, 3.8) is 0 Å². The predicted octanol–water partition coefficient (Wildman–Crippen LogP) is 3.73. The summed E-state index contributed by atoms with van der Waals surface area (Å²) >= 11 is 0. The minimum atomic E-state index is -0.0996. The number of hydrogen-bond acceptors (Lipinski definition) is 1. The first-order chi connectivity index (χ1) is 8.80. The van der Waals surface area contributed by atoms with Gasteiger partial charge in [-0.15, -0.1) is 0 Å². The van der Waals surface area contributed by atoms with Crippen molar-refractivity contribution in [2.45, 2.75) is 40.7 Å². The molecule has 1 atom stereocenters. The Morgan fingerprint density at radius 1 is 1.16 bits per heavy atom. The molecule has 0 heterocycles. The van der Waals surface area contributed by atoms with Crippen molar-refractivity contribution >= 4 is 6.03 Å². The van der Waals surface area contributed by atoms with E-state index in [-0.39, 0.29) is 17.5 Å². The highest BCUT2D eigenvalue weighted by Gasteiger charge is 2.27. The monoisotopic (exact) mass is 262 g/mol. The molecule has 3 heteroatoms. The first-order valence-corrected chi connectivity index (χ1v) is 6.90. The lowest BCUT2D eigenvalue weighted by molar-refractivity contribution is 0.217. The second kappa shape index (κ2) is 6.60. The maximum atomic E-state index is 12.0. The zero-order valence-electron chi connectivity index (χ0n) is 12.7. The zero-order valence-corrected chi connectivity index (χ0v) is 12.7. The fraction of sp³-hybridized carbons (Fsp3) is 0.562. The van der Waals surface area contributed by atoms with Crippen LogP contribution in [0, 0.1) is 11.3 Å². The molecule has 1 aromatic rings. The maximum Gasteiger partial charge on any atom is 0.315 e. The quantitative estimate of drug-likeness (QED) is 0.853. The number of carbonyl (C=O) groups excluding carboxylic acids is 1. The molecular weight excluding hydrogens is 236 g/mol. The molecule has 1 aromatic carbocycles. The second-order valence-electron chi connectivity index (χ2n) is 6.46. The Kier molecular flexibility index (Phi) is 5.40. The highest BCUT2D eigenvalue weighted by molar-refractivity contribution is 5.74. The molecule has 106 valence electrons. The van der Waals surface area contributed by atoms with Crippen LogP contribution >= 0.6 is 0 Å². The number of amides is 2. The molecule has 2 N–H and O–H groups in total. The number of hydrogen-bond donors (Lipinski definition) is 2. The van der Waals surface area contributed by atoms with E-state index in [2.05, 4.69) is 57.4 Å². The third-order valence-electron chi connectivity index (χ3n) is 2.95. The molecule has 2 amide bonds. The van der Waals surface area contributed by atoms with Crippen LogP contribution in [0.3, 0.4) is 0 Å². The number of rotatable bonds is 4. The summed E-state index contributed by atoms with van der Waals surface area (Å²) in [6.45, 7) is 11.3. The van der Waals surface area contributed by atoms with Crippen LogP contribution in [0.2, 0.25) is 0 Å². The minimum Gasteiger partial charge on any atom is -0.338 e. The van der Waals surface area contributed by atoms with Gasteiger partial charge >= 0.3 is 6.03 Å². The lowest BCUT2D eigenvalue weighted by Crippen LogP contribution is -2.43. The number of nitrogens with one attached hydrogen (secondary N) is 2. The summed E-state index contributed by atoms with van der Waals surface area (Å²) in [5, 5.41) is 5.98. The Labute approximate surface area is 116 Å². The van der Waals surface area contributed by atoms with Crippen molar-refractivity contribution in [3.8, 4) is 0 Å². The van der Waals surface area contributed by atoms with Crippen molar-refractivity contribution in [2.24, 2.45) is 11.3 Å². The highest BCUT2D eigenvalue weighted by Crippen LogP contribution is 2.32. The molecule has 0 saturated heterocycles.